The Bertz CT molecular complexity index is 952. The lowest BCUT2D eigenvalue weighted by Crippen LogP contribution is -2.38. The van der Waals surface area contributed by atoms with Crippen LogP contribution in [0.15, 0.2) is 23.1 Å². The van der Waals surface area contributed by atoms with E-state index in [0.29, 0.717) is 31.6 Å². The van der Waals surface area contributed by atoms with Crippen molar-refractivity contribution >= 4 is 27.0 Å². The molecule has 1 N–H and O–H groups in total. The fourth-order valence-electron chi connectivity index (χ4n) is 3.61. The molecular formula is C18H26N4O4S. The molecule has 2 heterocycles. The van der Waals surface area contributed by atoms with Gasteiger partial charge in [-0.1, -0.05) is 0 Å². The van der Waals surface area contributed by atoms with E-state index in [1.54, 1.807) is 18.2 Å². The van der Waals surface area contributed by atoms with Gasteiger partial charge < -0.3 is 9.67 Å². The van der Waals surface area contributed by atoms with E-state index >= 15 is 0 Å². The number of aliphatic carboxylic acids is 1. The lowest BCUT2D eigenvalue weighted by atomic mass is 9.98. The number of aromatic nitrogens is 2. The average Bonchev–Trinajstić information content (AvgIpc) is 2.97. The van der Waals surface area contributed by atoms with Gasteiger partial charge in [-0.25, -0.2) is 17.7 Å². The summed E-state index contributed by atoms with van der Waals surface area (Å²) in [6.07, 6.45) is 1.57. The van der Waals surface area contributed by atoms with Gasteiger partial charge in [0.05, 0.1) is 28.4 Å². The normalized spacial score (nSPS) is 19.0. The summed E-state index contributed by atoms with van der Waals surface area (Å²) in [5.41, 5.74) is 1.53. The molecule has 1 aromatic carbocycles. The number of likely N-dealkylation sites (tertiary alicyclic amines) is 1. The van der Waals surface area contributed by atoms with Crippen molar-refractivity contribution in [1.29, 1.82) is 0 Å². The van der Waals surface area contributed by atoms with Gasteiger partial charge in [-0.3, -0.25) is 9.69 Å². The van der Waals surface area contributed by atoms with Crippen LogP contribution in [0.25, 0.3) is 11.0 Å². The highest BCUT2D eigenvalue weighted by molar-refractivity contribution is 7.89. The molecule has 1 aliphatic heterocycles. The maximum Gasteiger partial charge on any atom is 0.307 e. The van der Waals surface area contributed by atoms with Crippen LogP contribution in [0.4, 0.5) is 0 Å². The highest BCUT2D eigenvalue weighted by Gasteiger charge is 2.26. The summed E-state index contributed by atoms with van der Waals surface area (Å²) in [6, 6.07) is 5.01. The zero-order valence-electron chi connectivity index (χ0n) is 15.9. The highest BCUT2D eigenvalue weighted by atomic mass is 32.2. The number of benzene rings is 1. The number of rotatable bonds is 6. The molecule has 8 nitrogen and oxygen atoms in total. The first-order chi connectivity index (χ1) is 12.7. The number of carbonyl (C=O) groups is 1. The third-order valence-corrected chi connectivity index (χ3v) is 6.92. The van der Waals surface area contributed by atoms with Crippen LogP contribution in [-0.4, -0.2) is 65.4 Å². The van der Waals surface area contributed by atoms with E-state index in [1.807, 2.05) is 6.92 Å². The first-order valence-electron chi connectivity index (χ1n) is 9.11. The van der Waals surface area contributed by atoms with Gasteiger partial charge in [0.1, 0.15) is 5.82 Å². The third-order valence-electron chi connectivity index (χ3n) is 5.11. The van der Waals surface area contributed by atoms with Gasteiger partial charge in [0, 0.05) is 27.2 Å². The standard InChI is InChI=1S/C18H26N4O4S/c1-4-22-16-8-7-14(27(25,26)20(2)3)10-15(16)19-17(22)12-21-9-5-6-13(11-21)18(23)24/h7-8,10,13H,4-6,9,11-12H2,1-3H3,(H,23,24). The quantitative estimate of drug-likeness (QED) is 0.800. The summed E-state index contributed by atoms with van der Waals surface area (Å²) >= 11 is 0. The second kappa shape index (κ2) is 7.57. The van der Waals surface area contributed by atoms with E-state index in [2.05, 4.69) is 14.5 Å². The summed E-state index contributed by atoms with van der Waals surface area (Å²) in [5.74, 6) is -0.254. The molecule has 1 fully saturated rings. The molecule has 27 heavy (non-hydrogen) atoms. The van der Waals surface area contributed by atoms with Gasteiger partial charge in [0.25, 0.3) is 0 Å². The van der Waals surface area contributed by atoms with Crippen molar-refractivity contribution in [3.63, 3.8) is 0 Å². The molecule has 1 unspecified atom stereocenters. The smallest absolute Gasteiger partial charge is 0.307 e. The topological polar surface area (TPSA) is 95.7 Å². The fourth-order valence-corrected chi connectivity index (χ4v) is 4.53. The molecule has 148 valence electrons. The number of piperidine rings is 1. The van der Waals surface area contributed by atoms with Gasteiger partial charge in [-0.05, 0) is 44.5 Å². The van der Waals surface area contributed by atoms with Crippen LogP contribution < -0.4 is 0 Å². The van der Waals surface area contributed by atoms with E-state index in [9.17, 15) is 18.3 Å². The molecule has 3 rings (SSSR count). The number of sulfonamides is 1. The predicted molar refractivity (Wildman–Crippen MR) is 102 cm³/mol. The van der Waals surface area contributed by atoms with Gasteiger partial charge in [-0.2, -0.15) is 0 Å². The number of hydrogen-bond acceptors (Lipinski definition) is 5. The largest absolute Gasteiger partial charge is 0.481 e. The van der Waals surface area contributed by atoms with E-state index in [-0.39, 0.29) is 10.8 Å². The average molecular weight is 394 g/mol. The number of fused-ring (bicyclic) bond motifs is 1. The highest BCUT2D eigenvalue weighted by Crippen LogP contribution is 2.24. The molecule has 1 aliphatic rings. The maximum absolute atomic E-state index is 12.4. The molecular weight excluding hydrogens is 368 g/mol. The Morgan fingerprint density at radius 1 is 1.37 bits per heavy atom. The molecule has 1 atom stereocenters. The first kappa shape index (κ1) is 19.8. The number of aryl methyl sites for hydroxylation is 1. The van der Waals surface area contributed by atoms with Crippen molar-refractivity contribution in [1.82, 2.24) is 18.8 Å². The Hall–Kier alpha value is -1.97. The van der Waals surface area contributed by atoms with Crippen molar-refractivity contribution in [2.45, 2.75) is 37.8 Å². The second-order valence-corrected chi connectivity index (χ2v) is 9.27. The second-order valence-electron chi connectivity index (χ2n) is 7.12. The van der Waals surface area contributed by atoms with Crippen molar-refractivity contribution in [2.75, 3.05) is 27.2 Å². The van der Waals surface area contributed by atoms with Crippen molar-refractivity contribution in [3.05, 3.63) is 24.0 Å². The lowest BCUT2D eigenvalue weighted by Gasteiger charge is -2.30. The Morgan fingerprint density at radius 3 is 2.74 bits per heavy atom. The Morgan fingerprint density at radius 2 is 2.11 bits per heavy atom. The number of carboxylic acid groups (broad SMARTS) is 1. The summed E-state index contributed by atoms with van der Waals surface area (Å²) in [4.78, 5) is 18.3. The van der Waals surface area contributed by atoms with Crippen molar-refractivity contribution in [3.8, 4) is 0 Å². The van der Waals surface area contributed by atoms with Gasteiger partial charge in [0.15, 0.2) is 0 Å². The SMILES string of the molecule is CCn1c(CN2CCCC(C(=O)O)C2)nc2cc(S(=O)(=O)N(C)C)ccc21. The van der Waals surface area contributed by atoms with Gasteiger partial charge in [-0.15, -0.1) is 0 Å². The molecule has 0 spiro atoms. The van der Waals surface area contributed by atoms with Crippen molar-refractivity contribution in [2.24, 2.45) is 5.92 Å². The van der Waals surface area contributed by atoms with Crippen molar-refractivity contribution < 1.29 is 18.3 Å². The molecule has 0 bridgehead atoms. The van der Waals surface area contributed by atoms with Crippen LogP contribution in [-0.2, 0) is 27.9 Å². The molecule has 2 aromatic rings. The Kier molecular flexibility index (Phi) is 5.55. The fraction of sp³-hybridized carbons (Fsp3) is 0.556. The van der Waals surface area contributed by atoms with Crippen LogP contribution in [0.1, 0.15) is 25.6 Å². The minimum atomic E-state index is -3.51. The van der Waals surface area contributed by atoms with Gasteiger partial charge in [0.2, 0.25) is 10.0 Å². The third kappa shape index (κ3) is 3.85. The number of nitrogens with zero attached hydrogens (tertiary/aromatic N) is 4. The number of carboxylic acids is 1. The van der Waals surface area contributed by atoms with E-state index in [4.69, 9.17) is 0 Å². The maximum atomic E-state index is 12.4. The summed E-state index contributed by atoms with van der Waals surface area (Å²) in [6.45, 7) is 4.65. The predicted octanol–water partition coefficient (Wildman–Crippen LogP) is 1.60. The van der Waals surface area contributed by atoms with Crippen LogP contribution in [0.2, 0.25) is 0 Å². The molecule has 0 saturated carbocycles. The minimum Gasteiger partial charge on any atom is -0.481 e. The molecule has 1 aromatic heterocycles. The molecule has 1 saturated heterocycles. The van der Waals surface area contributed by atoms with Crippen LogP contribution >= 0.6 is 0 Å². The van der Waals surface area contributed by atoms with E-state index < -0.39 is 16.0 Å². The molecule has 9 heteroatoms. The first-order valence-corrected chi connectivity index (χ1v) is 10.5. The zero-order valence-corrected chi connectivity index (χ0v) is 16.7. The van der Waals surface area contributed by atoms with E-state index in [0.717, 1.165) is 24.3 Å². The molecule has 0 aliphatic carbocycles. The molecule has 0 amide bonds. The van der Waals surface area contributed by atoms with Gasteiger partial charge >= 0.3 is 5.97 Å². The Labute approximate surface area is 159 Å². The van der Waals surface area contributed by atoms with Crippen LogP contribution in [0, 0.1) is 5.92 Å². The summed E-state index contributed by atoms with van der Waals surface area (Å²) in [5, 5.41) is 9.28. The number of imidazole rings is 1. The number of hydrogen-bond donors (Lipinski definition) is 1. The minimum absolute atomic E-state index is 0.219. The summed E-state index contributed by atoms with van der Waals surface area (Å²) < 4.78 is 28.0. The molecule has 0 radical (unpaired) electrons. The lowest BCUT2D eigenvalue weighted by molar-refractivity contribution is -0.143. The Balaban J connectivity index is 1.93. The summed E-state index contributed by atoms with van der Waals surface area (Å²) in [7, 11) is -0.505. The monoisotopic (exact) mass is 394 g/mol. The van der Waals surface area contributed by atoms with Crippen LogP contribution in [0.5, 0.6) is 0 Å². The zero-order chi connectivity index (χ0) is 19.8. The van der Waals surface area contributed by atoms with Crippen LogP contribution in [0.3, 0.4) is 0 Å². The van der Waals surface area contributed by atoms with E-state index in [1.165, 1.54) is 18.4 Å².